The van der Waals surface area contributed by atoms with Crippen LogP contribution < -0.4 is 0 Å². The molecule has 0 bridgehead atoms. The summed E-state index contributed by atoms with van der Waals surface area (Å²) in [5, 5.41) is 9.50. The first kappa shape index (κ1) is 15.7. The predicted octanol–water partition coefficient (Wildman–Crippen LogP) is 4.21. The van der Waals surface area contributed by atoms with Crippen LogP contribution in [0.25, 0.3) is 0 Å². The van der Waals surface area contributed by atoms with Crippen LogP contribution >= 0.6 is 0 Å². The fourth-order valence-electron chi connectivity index (χ4n) is 2.74. The standard InChI is InChI=1S/C21H16O3/c22-20(16-10-5-2-6-11-16)19-17(12-7-13-18(19)21(23)24)14-15-8-3-1-4-9-15/h1-13H,14H2,(H,23,24). The van der Waals surface area contributed by atoms with Crippen molar-refractivity contribution in [1.82, 2.24) is 0 Å². The maximum absolute atomic E-state index is 12.9. The number of hydrogen-bond acceptors (Lipinski definition) is 2. The highest BCUT2D eigenvalue weighted by Crippen LogP contribution is 2.22. The van der Waals surface area contributed by atoms with Crippen LogP contribution in [0.2, 0.25) is 0 Å². The molecule has 0 aliphatic heterocycles. The molecule has 0 heterocycles. The third-order valence-electron chi connectivity index (χ3n) is 3.88. The van der Waals surface area contributed by atoms with Crippen molar-refractivity contribution in [2.45, 2.75) is 6.42 Å². The molecule has 3 heteroatoms. The molecule has 3 aromatic carbocycles. The molecule has 0 radical (unpaired) electrons. The van der Waals surface area contributed by atoms with Crippen molar-refractivity contribution in [3.8, 4) is 0 Å². The highest BCUT2D eigenvalue weighted by atomic mass is 16.4. The molecule has 3 nitrogen and oxygen atoms in total. The van der Waals surface area contributed by atoms with Crippen molar-refractivity contribution in [3.05, 3.63) is 107 Å². The Hall–Kier alpha value is -3.20. The first-order valence-corrected chi connectivity index (χ1v) is 7.65. The number of hydrogen-bond donors (Lipinski definition) is 1. The number of carboxylic acid groups (broad SMARTS) is 1. The summed E-state index contributed by atoms with van der Waals surface area (Å²) < 4.78 is 0. The van der Waals surface area contributed by atoms with Crippen LogP contribution in [0.15, 0.2) is 78.9 Å². The molecule has 0 atom stereocenters. The number of benzene rings is 3. The van der Waals surface area contributed by atoms with Crippen molar-refractivity contribution in [2.24, 2.45) is 0 Å². The van der Waals surface area contributed by atoms with E-state index in [1.54, 1.807) is 30.3 Å². The van der Waals surface area contributed by atoms with Gasteiger partial charge in [0.1, 0.15) is 0 Å². The summed E-state index contributed by atoms with van der Waals surface area (Å²) in [7, 11) is 0. The van der Waals surface area contributed by atoms with E-state index < -0.39 is 5.97 Å². The zero-order valence-corrected chi connectivity index (χ0v) is 13.0. The fraction of sp³-hybridized carbons (Fsp3) is 0.0476. The first-order chi connectivity index (χ1) is 11.7. The van der Waals surface area contributed by atoms with Crippen LogP contribution in [0.3, 0.4) is 0 Å². The van der Waals surface area contributed by atoms with Crippen LogP contribution in [0, 0.1) is 0 Å². The SMILES string of the molecule is O=C(O)c1cccc(Cc2ccccc2)c1C(=O)c1ccccc1. The van der Waals surface area contributed by atoms with Crippen LogP contribution in [-0.2, 0) is 6.42 Å². The lowest BCUT2D eigenvalue weighted by molar-refractivity contribution is 0.0692. The van der Waals surface area contributed by atoms with E-state index in [0.717, 1.165) is 11.1 Å². The van der Waals surface area contributed by atoms with Crippen molar-refractivity contribution in [2.75, 3.05) is 0 Å². The Morgan fingerprint density at radius 2 is 1.38 bits per heavy atom. The van der Waals surface area contributed by atoms with Gasteiger partial charge < -0.3 is 5.11 Å². The van der Waals surface area contributed by atoms with E-state index in [0.29, 0.717) is 12.0 Å². The van der Waals surface area contributed by atoms with Crippen molar-refractivity contribution >= 4 is 11.8 Å². The number of rotatable bonds is 5. The average Bonchev–Trinajstić information content (AvgIpc) is 2.62. The number of aromatic carboxylic acids is 1. The molecule has 0 saturated heterocycles. The second kappa shape index (κ2) is 6.92. The van der Waals surface area contributed by atoms with Gasteiger partial charge in [-0.2, -0.15) is 0 Å². The number of carbonyl (C=O) groups is 2. The van der Waals surface area contributed by atoms with E-state index >= 15 is 0 Å². The number of carbonyl (C=O) groups excluding carboxylic acids is 1. The normalized spacial score (nSPS) is 10.3. The summed E-state index contributed by atoms with van der Waals surface area (Å²) in [5.41, 5.74) is 2.54. The molecule has 0 aromatic heterocycles. The molecular weight excluding hydrogens is 300 g/mol. The Morgan fingerprint density at radius 1 is 0.750 bits per heavy atom. The van der Waals surface area contributed by atoms with Gasteiger partial charge in [-0.05, 0) is 23.6 Å². The molecule has 0 aliphatic rings. The largest absolute Gasteiger partial charge is 0.478 e. The summed E-state index contributed by atoms with van der Waals surface area (Å²) in [5.74, 6) is -1.36. The van der Waals surface area contributed by atoms with Gasteiger partial charge in [-0.3, -0.25) is 4.79 Å². The van der Waals surface area contributed by atoms with Crippen LogP contribution in [0.1, 0.15) is 37.4 Å². The third kappa shape index (κ3) is 3.25. The quantitative estimate of drug-likeness (QED) is 0.718. The third-order valence-corrected chi connectivity index (χ3v) is 3.88. The Bertz CT molecular complexity index is 868. The number of carboxylic acids is 1. The van der Waals surface area contributed by atoms with Gasteiger partial charge in [0.15, 0.2) is 5.78 Å². The highest BCUT2D eigenvalue weighted by Gasteiger charge is 2.21. The van der Waals surface area contributed by atoms with Crippen LogP contribution in [-0.4, -0.2) is 16.9 Å². The minimum absolute atomic E-state index is 0.0392. The topological polar surface area (TPSA) is 54.4 Å². The predicted molar refractivity (Wildman–Crippen MR) is 92.5 cm³/mol. The summed E-state index contributed by atoms with van der Waals surface area (Å²) in [6.07, 6.45) is 0.510. The monoisotopic (exact) mass is 316 g/mol. The molecule has 24 heavy (non-hydrogen) atoms. The molecule has 0 unspecified atom stereocenters. The van der Waals surface area contributed by atoms with Crippen LogP contribution in [0.5, 0.6) is 0 Å². The van der Waals surface area contributed by atoms with Gasteiger partial charge in [0.05, 0.1) is 5.56 Å². The van der Waals surface area contributed by atoms with Crippen molar-refractivity contribution in [1.29, 1.82) is 0 Å². The van der Waals surface area contributed by atoms with Gasteiger partial charge in [-0.25, -0.2) is 4.79 Å². The summed E-state index contributed by atoms with van der Waals surface area (Å²) in [6, 6.07) is 23.4. The Kier molecular flexibility index (Phi) is 4.52. The number of ketones is 1. The second-order valence-corrected chi connectivity index (χ2v) is 5.50. The lowest BCUT2D eigenvalue weighted by atomic mass is 9.90. The smallest absolute Gasteiger partial charge is 0.336 e. The zero-order chi connectivity index (χ0) is 16.9. The molecule has 3 aromatic rings. The van der Waals surface area contributed by atoms with Gasteiger partial charge in [0, 0.05) is 11.1 Å². The lowest BCUT2D eigenvalue weighted by Gasteiger charge is -2.12. The average molecular weight is 316 g/mol. The molecule has 3 rings (SSSR count). The van der Waals surface area contributed by atoms with Gasteiger partial charge in [0.25, 0.3) is 0 Å². The van der Waals surface area contributed by atoms with Gasteiger partial charge >= 0.3 is 5.97 Å². The van der Waals surface area contributed by atoms with Crippen molar-refractivity contribution in [3.63, 3.8) is 0 Å². The van der Waals surface area contributed by atoms with E-state index in [4.69, 9.17) is 0 Å². The summed E-state index contributed by atoms with van der Waals surface area (Å²) >= 11 is 0. The van der Waals surface area contributed by atoms with E-state index in [-0.39, 0.29) is 16.9 Å². The maximum Gasteiger partial charge on any atom is 0.336 e. The molecule has 1 N–H and O–H groups in total. The van der Waals surface area contributed by atoms with Gasteiger partial charge in [-0.15, -0.1) is 0 Å². The molecule has 118 valence electrons. The Balaban J connectivity index is 2.11. The van der Waals surface area contributed by atoms with E-state index in [1.807, 2.05) is 42.5 Å². The summed E-state index contributed by atoms with van der Waals surface area (Å²) in [6.45, 7) is 0. The molecular formula is C21H16O3. The molecule has 0 saturated carbocycles. The lowest BCUT2D eigenvalue weighted by Crippen LogP contribution is -2.13. The molecule has 0 fully saturated rings. The highest BCUT2D eigenvalue weighted by molar-refractivity contribution is 6.15. The maximum atomic E-state index is 12.9. The summed E-state index contributed by atoms with van der Waals surface area (Å²) in [4.78, 5) is 24.5. The molecule has 0 aliphatic carbocycles. The van der Waals surface area contributed by atoms with E-state index in [2.05, 4.69) is 0 Å². The van der Waals surface area contributed by atoms with Gasteiger partial charge in [-0.1, -0.05) is 72.8 Å². The first-order valence-electron chi connectivity index (χ1n) is 7.65. The van der Waals surface area contributed by atoms with E-state index in [9.17, 15) is 14.7 Å². The molecule has 0 spiro atoms. The second-order valence-electron chi connectivity index (χ2n) is 5.50. The minimum Gasteiger partial charge on any atom is -0.478 e. The molecule has 0 amide bonds. The fourth-order valence-corrected chi connectivity index (χ4v) is 2.74. The Labute approximate surface area is 140 Å². The minimum atomic E-state index is -1.09. The van der Waals surface area contributed by atoms with E-state index in [1.165, 1.54) is 6.07 Å². The van der Waals surface area contributed by atoms with Crippen LogP contribution in [0.4, 0.5) is 0 Å². The van der Waals surface area contributed by atoms with Gasteiger partial charge in [0.2, 0.25) is 0 Å². The van der Waals surface area contributed by atoms with Crippen molar-refractivity contribution < 1.29 is 14.7 Å². The zero-order valence-electron chi connectivity index (χ0n) is 13.0. The Morgan fingerprint density at radius 3 is 2.00 bits per heavy atom.